The fourth-order valence-electron chi connectivity index (χ4n) is 3.22. The molecule has 182 valence electrons. The van der Waals surface area contributed by atoms with Crippen LogP contribution in [0.25, 0.3) is 10.8 Å². The van der Waals surface area contributed by atoms with E-state index in [0.717, 1.165) is 16.3 Å². The topological polar surface area (TPSA) is 147 Å². The number of nitrogens with one attached hydrogen (secondary N) is 3. The van der Waals surface area contributed by atoms with Gasteiger partial charge >= 0.3 is 11.8 Å². The summed E-state index contributed by atoms with van der Waals surface area (Å²) in [6.07, 6.45) is 1.32. The highest BCUT2D eigenvalue weighted by atomic mass is 35.5. The lowest BCUT2D eigenvalue weighted by Gasteiger charge is -2.22. The molecule has 0 fully saturated rings. The van der Waals surface area contributed by atoms with E-state index >= 15 is 0 Å². The van der Waals surface area contributed by atoms with E-state index in [1.54, 1.807) is 18.2 Å². The lowest BCUT2D eigenvalue weighted by molar-refractivity contribution is -0.136. The molecule has 0 radical (unpaired) electrons. The molecule has 1 unspecified atom stereocenters. The number of carbonyl (C=O) groups is 4. The Labute approximate surface area is 206 Å². The molecular weight excluding hydrogens is 472 g/mol. The van der Waals surface area contributed by atoms with Crippen molar-refractivity contribution in [2.45, 2.75) is 12.6 Å². The van der Waals surface area contributed by atoms with Crippen molar-refractivity contribution in [3.63, 3.8) is 0 Å². The molecule has 35 heavy (non-hydrogen) atoms. The molecule has 3 aromatic rings. The summed E-state index contributed by atoms with van der Waals surface area (Å²) in [5.41, 5.74) is 6.96. The summed E-state index contributed by atoms with van der Waals surface area (Å²) in [5, 5.41) is 9.47. The number of rotatable bonds is 7. The Morgan fingerprint density at radius 2 is 1.74 bits per heavy atom. The molecule has 1 aromatic heterocycles. The van der Waals surface area contributed by atoms with Crippen LogP contribution >= 0.6 is 11.6 Å². The summed E-state index contributed by atoms with van der Waals surface area (Å²) in [6, 6.07) is 12.7. The smallest absolute Gasteiger partial charge is 0.314 e. The molecule has 1 atom stereocenters. The first-order valence-corrected chi connectivity index (χ1v) is 11.0. The standard InChI is InChI=1S/C24H25ClN6O4/c1-31(2)24(35)19(13-28-22(33)23(34)30-20-8-7-18(25)12-27-20)29-21(32)16-6-5-15-4-3-14(11-26)9-17(15)10-16/h3-10,12,19H,11,13,26H2,1-2H3,(H,28,33)(H,29,32)(H,27,30,34). The van der Waals surface area contributed by atoms with Gasteiger partial charge in [0.05, 0.1) is 5.02 Å². The number of halogens is 1. The van der Waals surface area contributed by atoms with Crippen LogP contribution in [0.5, 0.6) is 0 Å². The van der Waals surface area contributed by atoms with Crippen LogP contribution in [0.15, 0.2) is 54.7 Å². The molecule has 11 heteroatoms. The van der Waals surface area contributed by atoms with Crippen molar-refractivity contribution in [2.24, 2.45) is 5.73 Å². The second-order valence-corrected chi connectivity index (χ2v) is 8.32. The van der Waals surface area contributed by atoms with Crippen molar-refractivity contribution >= 4 is 51.8 Å². The summed E-state index contributed by atoms with van der Waals surface area (Å²) < 4.78 is 0. The van der Waals surface area contributed by atoms with Gasteiger partial charge in [-0.2, -0.15) is 0 Å². The van der Waals surface area contributed by atoms with Gasteiger partial charge in [0.15, 0.2) is 0 Å². The highest BCUT2D eigenvalue weighted by Gasteiger charge is 2.25. The van der Waals surface area contributed by atoms with Gasteiger partial charge in [0.1, 0.15) is 11.9 Å². The van der Waals surface area contributed by atoms with Crippen LogP contribution in [-0.4, -0.2) is 60.2 Å². The number of pyridine rings is 1. The van der Waals surface area contributed by atoms with E-state index in [-0.39, 0.29) is 12.4 Å². The van der Waals surface area contributed by atoms with E-state index in [1.807, 2.05) is 18.2 Å². The van der Waals surface area contributed by atoms with Gasteiger partial charge in [-0.1, -0.05) is 29.8 Å². The number of likely N-dealkylation sites (N-methyl/N-ethyl adjacent to an activating group) is 1. The zero-order valence-corrected chi connectivity index (χ0v) is 19.9. The minimum atomic E-state index is -1.10. The molecule has 2 aromatic carbocycles. The molecule has 0 bridgehead atoms. The van der Waals surface area contributed by atoms with Gasteiger partial charge in [-0.15, -0.1) is 0 Å². The van der Waals surface area contributed by atoms with Crippen LogP contribution < -0.4 is 21.7 Å². The summed E-state index contributed by atoms with van der Waals surface area (Å²) in [7, 11) is 3.04. The van der Waals surface area contributed by atoms with Gasteiger partial charge in [0.25, 0.3) is 5.91 Å². The first-order chi connectivity index (χ1) is 16.7. The molecule has 10 nitrogen and oxygen atoms in total. The first-order valence-electron chi connectivity index (χ1n) is 10.6. The average molecular weight is 497 g/mol. The van der Waals surface area contributed by atoms with E-state index in [2.05, 4.69) is 20.9 Å². The first kappa shape index (κ1) is 25.6. The van der Waals surface area contributed by atoms with E-state index < -0.39 is 29.7 Å². The number of nitrogens with two attached hydrogens (primary N) is 1. The Kier molecular flexibility index (Phi) is 8.34. The minimum Gasteiger partial charge on any atom is -0.347 e. The molecule has 0 aliphatic carbocycles. The molecule has 0 aliphatic rings. The number of hydrogen-bond donors (Lipinski definition) is 4. The molecule has 4 amide bonds. The molecule has 1 heterocycles. The Hall–Kier alpha value is -4.02. The summed E-state index contributed by atoms with van der Waals surface area (Å²) in [4.78, 5) is 55.1. The second kappa shape index (κ2) is 11.4. The zero-order chi connectivity index (χ0) is 25.5. The average Bonchev–Trinajstić information content (AvgIpc) is 2.86. The Morgan fingerprint density at radius 1 is 1.00 bits per heavy atom. The number of fused-ring (bicyclic) bond motifs is 1. The lowest BCUT2D eigenvalue weighted by atomic mass is 10.0. The number of hydrogen-bond acceptors (Lipinski definition) is 6. The van der Waals surface area contributed by atoms with Gasteiger partial charge in [0, 0.05) is 38.9 Å². The van der Waals surface area contributed by atoms with Gasteiger partial charge in [-0.05, 0) is 46.7 Å². The van der Waals surface area contributed by atoms with E-state index in [4.69, 9.17) is 17.3 Å². The van der Waals surface area contributed by atoms with Crippen molar-refractivity contribution in [3.05, 3.63) is 70.9 Å². The number of nitrogens with zero attached hydrogens (tertiary/aromatic N) is 2. The van der Waals surface area contributed by atoms with Crippen LogP contribution in [0, 0.1) is 0 Å². The second-order valence-electron chi connectivity index (χ2n) is 7.88. The van der Waals surface area contributed by atoms with Crippen molar-refractivity contribution in [1.82, 2.24) is 20.5 Å². The van der Waals surface area contributed by atoms with Crippen molar-refractivity contribution in [3.8, 4) is 0 Å². The predicted octanol–water partition coefficient (Wildman–Crippen LogP) is 1.29. The third-order valence-corrected chi connectivity index (χ3v) is 5.31. The minimum absolute atomic E-state index is 0.137. The normalized spacial score (nSPS) is 11.4. The van der Waals surface area contributed by atoms with Gasteiger partial charge in [-0.3, -0.25) is 19.2 Å². The SMILES string of the molecule is CN(C)C(=O)C(CNC(=O)C(=O)Nc1ccc(Cl)cn1)NC(=O)c1ccc2ccc(CN)cc2c1. The number of amides is 4. The molecule has 0 spiro atoms. The Bertz CT molecular complexity index is 1260. The maximum absolute atomic E-state index is 12.9. The van der Waals surface area contributed by atoms with Crippen LogP contribution in [-0.2, 0) is 20.9 Å². The predicted molar refractivity (Wildman–Crippen MR) is 133 cm³/mol. The Morgan fingerprint density at radius 3 is 2.40 bits per heavy atom. The molecule has 0 saturated carbocycles. The maximum Gasteiger partial charge on any atom is 0.314 e. The van der Waals surface area contributed by atoms with E-state index in [0.29, 0.717) is 17.1 Å². The van der Waals surface area contributed by atoms with Crippen LogP contribution in [0.4, 0.5) is 5.82 Å². The quantitative estimate of drug-likeness (QED) is 0.362. The molecule has 3 rings (SSSR count). The largest absolute Gasteiger partial charge is 0.347 e. The highest BCUT2D eigenvalue weighted by Crippen LogP contribution is 2.18. The van der Waals surface area contributed by atoms with Crippen molar-refractivity contribution < 1.29 is 19.2 Å². The van der Waals surface area contributed by atoms with Gasteiger partial charge in [0.2, 0.25) is 5.91 Å². The monoisotopic (exact) mass is 496 g/mol. The number of anilines is 1. The molecular formula is C24H25ClN6O4. The van der Waals surface area contributed by atoms with Crippen LogP contribution in [0.2, 0.25) is 5.02 Å². The fraction of sp³-hybridized carbons (Fsp3) is 0.208. The summed E-state index contributed by atoms with van der Waals surface area (Å²) in [5.74, 6) is -2.79. The van der Waals surface area contributed by atoms with Crippen molar-refractivity contribution in [1.29, 1.82) is 0 Å². The molecule has 0 saturated heterocycles. The number of carbonyl (C=O) groups excluding carboxylic acids is 4. The van der Waals surface area contributed by atoms with Gasteiger partial charge in [-0.25, -0.2) is 4.98 Å². The van der Waals surface area contributed by atoms with E-state index in [9.17, 15) is 19.2 Å². The summed E-state index contributed by atoms with van der Waals surface area (Å²) >= 11 is 5.75. The number of aromatic nitrogens is 1. The number of benzene rings is 2. The highest BCUT2D eigenvalue weighted by molar-refractivity contribution is 6.39. The zero-order valence-electron chi connectivity index (χ0n) is 19.2. The summed E-state index contributed by atoms with van der Waals surface area (Å²) in [6.45, 7) is 0.0705. The molecule has 5 N–H and O–H groups in total. The maximum atomic E-state index is 12.9. The lowest BCUT2D eigenvalue weighted by Crippen LogP contribution is -2.53. The van der Waals surface area contributed by atoms with Crippen molar-refractivity contribution in [2.75, 3.05) is 26.0 Å². The fourth-order valence-corrected chi connectivity index (χ4v) is 3.33. The third-order valence-electron chi connectivity index (χ3n) is 5.09. The molecule has 0 aliphatic heterocycles. The van der Waals surface area contributed by atoms with Crippen LogP contribution in [0.3, 0.4) is 0 Å². The Balaban J connectivity index is 1.68. The van der Waals surface area contributed by atoms with Gasteiger partial charge < -0.3 is 26.6 Å². The third kappa shape index (κ3) is 6.75. The van der Waals surface area contributed by atoms with Crippen LogP contribution in [0.1, 0.15) is 15.9 Å². The van der Waals surface area contributed by atoms with E-state index in [1.165, 1.54) is 37.3 Å².